The molecule has 2 fully saturated rings. The number of rotatable bonds is 6. The molecular formula is C15H26N2O3. The molecule has 2 aliphatic carbocycles. The summed E-state index contributed by atoms with van der Waals surface area (Å²) >= 11 is 0. The SMILES string of the molecule is CCOC(=O)C(N)C(=O)N(CC1CCCCC1)C1CC1. The van der Waals surface area contributed by atoms with Crippen LogP contribution in [-0.2, 0) is 14.3 Å². The zero-order valence-electron chi connectivity index (χ0n) is 12.3. The maximum atomic E-state index is 12.4. The largest absolute Gasteiger partial charge is 0.464 e. The molecule has 2 rings (SSSR count). The van der Waals surface area contributed by atoms with Gasteiger partial charge in [-0.1, -0.05) is 19.3 Å². The van der Waals surface area contributed by atoms with Crippen molar-refractivity contribution in [2.24, 2.45) is 11.7 Å². The molecule has 0 saturated heterocycles. The molecule has 0 aromatic rings. The van der Waals surface area contributed by atoms with Crippen molar-refractivity contribution in [1.82, 2.24) is 4.90 Å². The highest BCUT2D eigenvalue weighted by Crippen LogP contribution is 2.31. The molecule has 0 radical (unpaired) electrons. The van der Waals surface area contributed by atoms with E-state index in [0.29, 0.717) is 12.0 Å². The number of nitrogens with two attached hydrogens (primary N) is 1. The Morgan fingerprint density at radius 2 is 1.85 bits per heavy atom. The van der Waals surface area contributed by atoms with Crippen LogP contribution in [0.1, 0.15) is 51.9 Å². The van der Waals surface area contributed by atoms with Crippen molar-refractivity contribution in [2.75, 3.05) is 13.2 Å². The fourth-order valence-corrected chi connectivity index (χ4v) is 2.96. The zero-order valence-corrected chi connectivity index (χ0v) is 12.3. The van der Waals surface area contributed by atoms with Crippen LogP contribution in [0.2, 0.25) is 0 Å². The molecule has 0 spiro atoms. The predicted molar refractivity (Wildman–Crippen MR) is 75.9 cm³/mol. The van der Waals surface area contributed by atoms with Gasteiger partial charge in [0, 0.05) is 12.6 Å². The Morgan fingerprint density at radius 1 is 1.20 bits per heavy atom. The van der Waals surface area contributed by atoms with Gasteiger partial charge in [0.05, 0.1) is 6.61 Å². The minimum atomic E-state index is -1.15. The van der Waals surface area contributed by atoms with Gasteiger partial charge in [-0.3, -0.25) is 4.79 Å². The number of amides is 1. The summed E-state index contributed by atoms with van der Waals surface area (Å²) in [6.07, 6.45) is 8.25. The van der Waals surface area contributed by atoms with Crippen LogP contribution in [-0.4, -0.2) is 42.0 Å². The Morgan fingerprint density at radius 3 is 2.40 bits per heavy atom. The first kappa shape index (κ1) is 15.3. The third-order valence-electron chi connectivity index (χ3n) is 4.26. The molecule has 114 valence electrons. The molecule has 1 unspecified atom stereocenters. The van der Waals surface area contributed by atoms with Gasteiger partial charge in [0.2, 0.25) is 0 Å². The maximum absolute atomic E-state index is 12.4. The van der Waals surface area contributed by atoms with Gasteiger partial charge in [-0.15, -0.1) is 0 Å². The number of hydrogen-bond donors (Lipinski definition) is 1. The van der Waals surface area contributed by atoms with Gasteiger partial charge >= 0.3 is 5.97 Å². The Hall–Kier alpha value is -1.10. The molecule has 2 aliphatic rings. The summed E-state index contributed by atoms with van der Waals surface area (Å²) in [7, 11) is 0. The van der Waals surface area contributed by atoms with Gasteiger partial charge in [-0.05, 0) is 38.5 Å². The van der Waals surface area contributed by atoms with Gasteiger partial charge in [-0.2, -0.15) is 0 Å². The number of ether oxygens (including phenoxy) is 1. The van der Waals surface area contributed by atoms with Gasteiger partial charge in [0.15, 0.2) is 6.04 Å². The van der Waals surface area contributed by atoms with Crippen molar-refractivity contribution in [1.29, 1.82) is 0 Å². The Labute approximate surface area is 120 Å². The van der Waals surface area contributed by atoms with Crippen LogP contribution >= 0.6 is 0 Å². The molecule has 0 aromatic carbocycles. The predicted octanol–water partition coefficient (Wildman–Crippen LogP) is 1.45. The molecule has 1 amide bonds. The molecule has 0 aromatic heterocycles. The van der Waals surface area contributed by atoms with E-state index in [1.54, 1.807) is 6.92 Å². The van der Waals surface area contributed by atoms with Crippen LogP contribution in [0.3, 0.4) is 0 Å². The lowest BCUT2D eigenvalue weighted by molar-refractivity contribution is -0.151. The van der Waals surface area contributed by atoms with Crippen LogP contribution < -0.4 is 5.73 Å². The van der Waals surface area contributed by atoms with Crippen molar-refractivity contribution in [3.8, 4) is 0 Å². The number of carbonyl (C=O) groups excluding carboxylic acids is 2. The number of esters is 1. The molecule has 5 heteroatoms. The summed E-state index contributed by atoms with van der Waals surface area (Å²) in [4.78, 5) is 25.9. The lowest BCUT2D eigenvalue weighted by Crippen LogP contribution is -2.51. The number of carbonyl (C=O) groups is 2. The normalized spacial score (nSPS) is 21.3. The van der Waals surface area contributed by atoms with E-state index in [1.807, 2.05) is 4.90 Å². The second-order valence-corrected chi connectivity index (χ2v) is 5.96. The average Bonchev–Trinajstić information content (AvgIpc) is 3.29. The van der Waals surface area contributed by atoms with Gasteiger partial charge in [0.25, 0.3) is 5.91 Å². The van der Waals surface area contributed by atoms with Gasteiger partial charge < -0.3 is 15.4 Å². The van der Waals surface area contributed by atoms with E-state index in [4.69, 9.17) is 10.5 Å². The van der Waals surface area contributed by atoms with Crippen molar-refractivity contribution in [2.45, 2.75) is 64.0 Å². The third kappa shape index (κ3) is 3.95. The van der Waals surface area contributed by atoms with E-state index in [2.05, 4.69) is 0 Å². The van der Waals surface area contributed by atoms with Crippen molar-refractivity contribution in [3.63, 3.8) is 0 Å². The van der Waals surface area contributed by atoms with Gasteiger partial charge in [0.1, 0.15) is 0 Å². The standard InChI is InChI=1S/C15H26N2O3/c1-2-20-15(19)13(16)14(18)17(12-8-9-12)10-11-6-4-3-5-7-11/h11-13H,2-10,16H2,1H3. The Kier molecular flexibility index (Phi) is 5.40. The quantitative estimate of drug-likeness (QED) is 0.591. The molecule has 0 bridgehead atoms. The molecule has 1 atom stereocenters. The Balaban J connectivity index is 1.93. The molecular weight excluding hydrogens is 256 g/mol. The highest BCUT2D eigenvalue weighted by atomic mass is 16.5. The second kappa shape index (κ2) is 7.07. The lowest BCUT2D eigenvalue weighted by atomic mass is 9.89. The fraction of sp³-hybridized carbons (Fsp3) is 0.867. The summed E-state index contributed by atoms with van der Waals surface area (Å²) in [5, 5.41) is 0. The third-order valence-corrected chi connectivity index (χ3v) is 4.26. The van der Waals surface area contributed by atoms with Gasteiger partial charge in [-0.25, -0.2) is 4.79 Å². The zero-order chi connectivity index (χ0) is 14.5. The first-order valence-corrected chi connectivity index (χ1v) is 7.86. The van der Waals surface area contributed by atoms with E-state index in [-0.39, 0.29) is 12.5 Å². The Bertz CT molecular complexity index is 349. The molecule has 0 aliphatic heterocycles. The highest BCUT2D eigenvalue weighted by molar-refractivity contribution is 6.01. The van der Waals surface area contributed by atoms with E-state index < -0.39 is 12.0 Å². The first-order chi connectivity index (χ1) is 9.63. The summed E-state index contributed by atoms with van der Waals surface area (Å²) in [5.41, 5.74) is 5.75. The van der Waals surface area contributed by atoms with Crippen molar-refractivity contribution >= 4 is 11.9 Å². The maximum Gasteiger partial charge on any atom is 0.332 e. The first-order valence-electron chi connectivity index (χ1n) is 7.86. The summed E-state index contributed by atoms with van der Waals surface area (Å²) in [6.45, 7) is 2.73. The molecule has 0 heterocycles. The minimum absolute atomic E-state index is 0.253. The van der Waals surface area contributed by atoms with E-state index in [1.165, 1.54) is 32.1 Å². The molecule has 5 nitrogen and oxygen atoms in total. The average molecular weight is 282 g/mol. The smallest absolute Gasteiger partial charge is 0.332 e. The minimum Gasteiger partial charge on any atom is -0.464 e. The van der Waals surface area contributed by atoms with Crippen LogP contribution in [0.4, 0.5) is 0 Å². The molecule has 2 N–H and O–H groups in total. The monoisotopic (exact) mass is 282 g/mol. The van der Waals surface area contributed by atoms with Crippen LogP contribution in [0.15, 0.2) is 0 Å². The van der Waals surface area contributed by atoms with E-state index in [0.717, 1.165) is 19.4 Å². The van der Waals surface area contributed by atoms with Crippen LogP contribution in [0.25, 0.3) is 0 Å². The summed E-state index contributed by atoms with van der Waals surface area (Å²) in [5.74, 6) is -0.286. The van der Waals surface area contributed by atoms with Crippen molar-refractivity contribution in [3.05, 3.63) is 0 Å². The molecule has 20 heavy (non-hydrogen) atoms. The summed E-state index contributed by atoms with van der Waals surface area (Å²) < 4.78 is 4.85. The topological polar surface area (TPSA) is 72.6 Å². The lowest BCUT2D eigenvalue weighted by Gasteiger charge is -2.31. The molecule has 2 saturated carbocycles. The second-order valence-electron chi connectivity index (χ2n) is 5.96. The van der Waals surface area contributed by atoms with Crippen molar-refractivity contribution < 1.29 is 14.3 Å². The number of nitrogens with zero attached hydrogens (tertiary/aromatic N) is 1. The highest BCUT2D eigenvalue weighted by Gasteiger charge is 2.38. The van der Waals surface area contributed by atoms with Crippen LogP contribution in [0.5, 0.6) is 0 Å². The fourth-order valence-electron chi connectivity index (χ4n) is 2.96. The van der Waals surface area contributed by atoms with Crippen LogP contribution in [0, 0.1) is 5.92 Å². The van der Waals surface area contributed by atoms with E-state index in [9.17, 15) is 9.59 Å². The number of hydrogen-bond acceptors (Lipinski definition) is 4. The van der Waals surface area contributed by atoms with E-state index >= 15 is 0 Å². The summed E-state index contributed by atoms with van der Waals surface area (Å²) in [6, 6.07) is -0.857.